The zero-order valence-electron chi connectivity index (χ0n) is 11.7. The van der Waals surface area contributed by atoms with Gasteiger partial charge in [-0.2, -0.15) is 0 Å². The van der Waals surface area contributed by atoms with E-state index in [0.717, 1.165) is 36.5 Å². The number of hydrogen-bond acceptors (Lipinski definition) is 2. The van der Waals surface area contributed by atoms with Crippen molar-refractivity contribution in [3.8, 4) is 0 Å². The first-order valence-corrected chi connectivity index (χ1v) is 7.51. The van der Waals surface area contributed by atoms with Crippen LogP contribution in [0.3, 0.4) is 0 Å². The van der Waals surface area contributed by atoms with Crippen LogP contribution < -0.4 is 0 Å². The Hall–Kier alpha value is -0.480. The molecule has 0 aliphatic heterocycles. The number of benzene rings is 1. The molecule has 20 heavy (non-hydrogen) atoms. The maximum absolute atomic E-state index is 5.80. The van der Waals surface area contributed by atoms with Crippen molar-refractivity contribution in [2.24, 2.45) is 0 Å². The quantitative estimate of drug-likeness (QED) is 0.812. The molecule has 0 aliphatic rings. The van der Waals surface area contributed by atoms with E-state index in [9.17, 15) is 0 Å². The lowest BCUT2D eigenvalue weighted by Gasteiger charge is -2.18. The molecule has 6 heteroatoms. The third-order valence-electron chi connectivity index (χ3n) is 3.32. The molecule has 1 N–H and O–H groups in total. The van der Waals surface area contributed by atoms with E-state index in [1.807, 2.05) is 0 Å². The summed E-state index contributed by atoms with van der Waals surface area (Å²) in [7, 11) is 0. The number of nitrogens with zero attached hydrogens (tertiary/aromatic N) is 2. The van der Waals surface area contributed by atoms with Gasteiger partial charge in [-0.1, -0.05) is 0 Å². The van der Waals surface area contributed by atoms with Gasteiger partial charge in [0.25, 0.3) is 0 Å². The van der Waals surface area contributed by atoms with Crippen LogP contribution in [-0.2, 0) is 6.54 Å². The number of hydrogen-bond donors (Lipinski definition) is 1. The van der Waals surface area contributed by atoms with E-state index >= 15 is 0 Å². The summed E-state index contributed by atoms with van der Waals surface area (Å²) in [5.41, 5.74) is 4.66. The molecule has 0 atom stereocenters. The molecule has 3 nitrogen and oxygen atoms in total. The molecule has 0 bridgehead atoms. The second-order valence-corrected chi connectivity index (χ2v) is 5.55. The first-order valence-electron chi connectivity index (χ1n) is 6.44. The predicted octanol–water partition coefficient (Wildman–Crippen LogP) is 3.88. The molecule has 0 unspecified atom stereocenters. The summed E-state index contributed by atoms with van der Waals surface area (Å²) < 4.78 is 0. The van der Waals surface area contributed by atoms with E-state index in [0.29, 0.717) is 11.8 Å². The topological polar surface area (TPSA) is 31.9 Å². The molecule has 112 valence electrons. The van der Waals surface area contributed by atoms with Gasteiger partial charge in [0.2, 0.25) is 0 Å². The number of H-pyrrole nitrogens is 1. The average Bonchev–Trinajstić information content (AvgIpc) is 2.72. The Kier molecular flexibility index (Phi) is 7.10. The maximum Gasteiger partial charge on any atom is 0.121 e. The maximum atomic E-state index is 5.80. The van der Waals surface area contributed by atoms with Crippen LogP contribution in [0.2, 0.25) is 0 Å². The van der Waals surface area contributed by atoms with Crippen LogP contribution in [0, 0.1) is 13.8 Å². The molecule has 2 rings (SSSR count). The van der Waals surface area contributed by atoms with Gasteiger partial charge < -0.3 is 4.98 Å². The van der Waals surface area contributed by atoms with Gasteiger partial charge in [0, 0.05) is 24.8 Å². The molecule has 0 saturated carbocycles. The van der Waals surface area contributed by atoms with Crippen molar-refractivity contribution in [2.75, 3.05) is 24.8 Å². The molecule has 2 aromatic rings. The lowest BCUT2D eigenvalue weighted by atomic mass is 10.1. The minimum Gasteiger partial charge on any atom is -0.341 e. The number of aromatic nitrogens is 2. The Bertz CT molecular complexity index is 509. The highest BCUT2D eigenvalue weighted by Gasteiger charge is 2.09. The van der Waals surface area contributed by atoms with Gasteiger partial charge in [-0.3, -0.25) is 4.90 Å². The summed E-state index contributed by atoms with van der Waals surface area (Å²) in [6, 6.07) is 4.27. The van der Waals surface area contributed by atoms with Gasteiger partial charge in [-0.25, -0.2) is 4.98 Å². The second-order valence-electron chi connectivity index (χ2n) is 4.79. The molecule has 1 heterocycles. The summed E-state index contributed by atoms with van der Waals surface area (Å²) in [6.07, 6.45) is 0. The molecule has 1 aromatic heterocycles. The number of rotatable bonds is 6. The van der Waals surface area contributed by atoms with Crippen molar-refractivity contribution in [3.05, 3.63) is 29.1 Å². The lowest BCUT2D eigenvalue weighted by Crippen LogP contribution is -2.27. The van der Waals surface area contributed by atoms with Crippen molar-refractivity contribution in [1.82, 2.24) is 14.9 Å². The smallest absolute Gasteiger partial charge is 0.121 e. The van der Waals surface area contributed by atoms with Crippen LogP contribution in [0.4, 0.5) is 0 Å². The van der Waals surface area contributed by atoms with Gasteiger partial charge in [0.05, 0.1) is 17.6 Å². The third-order valence-corrected chi connectivity index (χ3v) is 3.66. The van der Waals surface area contributed by atoms with Crippen molar-refractivity contribution in [3.63, 3.8) is 0 Å². The van der Waals surface area contributed by atoms with Gasteiger partial charge in [-0.15, -0.1) is 35.6 Å². The van der Waals surface area contributed by atoms with E-state index in [1.54, 1.807) is 0 Å². The second kappa shape index (κ2) is 8.08. The minimum atomic E-state index is 0. The summed E-state index contributed by atoms with van der Waals surface area (Å²) >= 11 is 11.6. The van der Waals surface area contributed by atoms with Crippen molar-refractivity contribution >= 4 is 46.6 Å². The fraction of sp³-hybridized carbons (Fsp3) is 0.500. The third kappa shape index (κ3) is 4.26. The van der Waals surface area contributed by atoms with Gasteiger partial charge in [0.1, 0.15) is 5.82 Å². The zero-order valence-corrected chi connectivity index (χ0v) is 14.1. The van der Waals surface area contributed by atoms with Crippen molar-refractivity contribution < 1.29 is 0 Å². The highest BCUT2D eigenvalue weighted by molar-refractivity contribution is 6.18. The molecular weight excluding hydrogens is 317 g/mol. The Labute approximate surface area is 136 Å². The number of aryl methyl sites for hydroxylation is 2. The SMILES string of the molecule is Cc1cc2nc(CN(CCCl)CCCl)[nH]c2cc1C.Cl. The summed E-state index contributed by atoms with van der Waals surface area (Å²) in [5, 5.41) is 0. The highest BCUT2D eigenvalue weighted by Crippen LogP contribution is 2.17. The Balaban J connectivity index is 0.00000200. The molecule has 1 aromatic carbocycles. The van der Waals surface area contributed by atoms with Crippen LogP contribution in [0.1, 0.15) is 17.0 Å². The van der Waals surface area contributed by atoms with E-state index in [1.165, 1.54) is 11.1 Å². The summed E-state index contributed by atoms with van der Waals surface area (Å²) in [4.78, 5) is 10.2. The number of alkyl halides is 2. The van der Waals surface area contributed by atoms with Crippen LogP contribution in [-0.4, -0.2) is 39.7 Å². The van der Waals surface area contributed by atoms with Crippen LogP contribution in [0.15, 0.2) is 12.1 Å². The first kappa shape index (κ1) is 17.6. The standard InChI is InChI=1S/C14H19Cl2N3.ClH/c1-10-7-12-13(8-11(10)2)18-14(17-12)9-19(5-3-15)6-4-16;/h7-8H,3-6,9H2,1-2H3,(H,17,18);1H. The number of nitrogens with one attached hydrogen (secondary N) is 1. The first-order chi connectivity index (χ1) is 9.13. The number of halogens is 3. The minimum absolute atomic E-state index is 0. The molecule has 0 amide bonds. The van der Waals surface area contributed by atoms with Gasteiger partial charge in [0.15, 0.2) is 0 Å². The van der Waals surface area contributed by atoms with Gasteiger partial charge >= 0.3 is 0 Å². The fourth-order valence-electron chi connectivity index (χ4n) is 2.12. The van der Waals surface area contributed by atoms with E-state index in [2.05, 4.69) is 40.8 Å². The molecule has 0 saturated heterocycles. The number of imidazole rings is 1. The van der Waals surface area contributed by atoms with E-state index in [4.69, 9.17) is 23.2 Å². The van der Waals surface area contributed by atoms with E-state index < -0.39 is 0 Å². The number of fused-ring (bicyclic) bond motifs is 1. The molecule has 0 radical (unpaired) electrons. The molecule has 0 aliphatic carbocycles. The van der Waals surface area contributed by atoms with Crippen LogP contribution in [0.5, 0.6) is 0 Å². The zero-order chi connectivity index (χ0) is 13.8. The van der Waals surface area contributed by atoms with E-state index in [-0.39, 0.29) is 12.4 Å². The van der Waals surface area contributed by atoms with Gasteiger partial charge in [-0.05, 0) is 37.1 Å². The molecule has 0 spiro atoms. The summed E-state index contributed by atoms with van der Waals surface area (Å²) in [6.45, 7) is 6.62. The largest absolute Gasteiger partial charge is 0.341 e. The van der Waals surface area contributed by atoms with Crippen molar-refractivity contribution in [1.29, 1.82) is 0 Å². The predicted molar refractivity (Wildman–Crippen MR) is 89.5 cm³/mol. The number of aromatic amines is 1. The highest BCUT2D eigenvalue weighted by atomic mass is 35.5. The molecule has 0 fully saturated rings. The average molecular weight is 337 g/mol. The summed E-state index contributed by atoms with van der Waals surface area (Å²) in [5.74, 6) is 2.18. The monoisotopic (exact) mass is 335 g/mol. The van der Waals surface area contributed by atoms with Crippen LogP contribution >= 0.6 is 35.6 Å². The lowest BCUT2D eigenvalue weighted by molar-refractivity contribution is 0.293. The fourth-order valence-corrected chi connectivity index (χ4v) is 2.60. The Morgan fingerprint density at radius 3 is 2.30 bits per heavy atom. The molecular formula is C14H20Cl3N3. The normalized spacial score (nSPS) is 11.1. The Morgan fingerprint density at radius 2 is 1.70 bits per heavy atom. The van der Waals surface area contributed by atoms with Crippen LogP contribution in [0.25, 0.3) is 11.0 Å². The van der Waals surface area contributed by atoms with Crippen molar-refractivity contribution in [2.45, 2.75) is 20.4 Å². The Morgan fingerprint density at radius 1 is 1.10 bits per heavy atom.